The summed E-state index contributed by atoms with van der Waals surface area (Å²) in [6.45, 7) is 1.82. The van der Waals surface area contributed by atoms with Crippen LogP contribution < -0.4 is 10.6 Å². The van der Waals surface area contributed by atoms with Gasteiger partial charge in [-0.15, -0.1) is 0 Å². The van der Waals surface area contributed by atoms with E-state index in [0.29, 0.717) is 10.9 Å². The third-order valence-electron chi connectivity index (χ3n) is 2.18. The molecule has 0 spiro atoms. The first-order valence-corrected chi connectivity index (χ1v) is 4.05. The van der Waals surface area contributed by atoms with Crippen molar-refractivity contribution in [2.24, 2.45) is 4.99 Å². The molecular formula is C10H8FNO. The van der Waals surface area contributed by atoms with Crippen LogP contribution in [0.15, 0.2) is 23.2 Å². The Bertz CT molecular complexity index is 478. The van der Waals surface area contributed by atoms with Gasteiger partial charge in [-0.1, -0.05) is 0 Å². The number of hydrogen-bond donors (Lipinski definition) is 0. The fraction of sp³-hybridized carbons (Fsp3) is 0.200. The van der Waals surface area contributed by atoms with Crippen LogP contribution in [-0.2, 0) is 4.79 Å². The summed E-state index contributed by atoms with van der Waals surface area (Å²) in [7, 11) is 0. The minimum absolute atomic E-state index is 0.144. The largest absolute Gasteiger partial charge is 0.298 e. The molecule has 3 heteroatoms. The summed E-state index contributed by atoms with van der Waals surface area (Å²) in [6.07, 6.45) is 0.790. The Morgan fingerprint density at radius 1 is 1.54 bits per heavy atom. The van der Waals surface area contributed by atoms with Crippen molar-refractivity contribution >= 4 is 11.9 Å². The standard InChI is InChI=1S/C10H8FNO/c1-6-9(5-13)8-3-2-7(11)4-10(8)12-6/h2-6H,1H3/t6-/m0/s1. The smallest absolute Gasteiger partial charge is 0.148 e. The molecule has 1 aliphatic rings. The second-order valence-corrected chi connectivity index (χ2v) is 3.04. The molecule has 0 amide bonds. The van der Waals surface area contributed by atoms with Crippen molar-refractivity contribution in [3.63, 3.8) is 0 Å². The summed E-state index contributed by atoms with van der Waals surface area (Å²) >= 11 is 0. The number of carbonyl (C=O) groups excluding carboxylic acids is 1. The van der Waals surface area contributed by atoms with Gasteiger partial charge in [0.25, 0.3) is 0 Å². The third kappa shape index (κ3) is 1.16. The van der Waals surface area contributed by atoms with Crippen LogP contribution in [0.25, 0.3) is 5.57 Å². The van der Waals surface area contributed by atoms with E-state index in [1.165, 1.54) is 12.1 Å². The fourth-order valence-corrected chi connectivity index (χ4v) is 1.52. The van der Waals surface area contributed by atoms with E-state index in [2.05, 4.69) is 4.99 Å². The molecule has 1 aromatic carbocycles. The predicted octanol–water partition coefficient (Wildman–Crippen LogP) is 0.197. The maximum Gasteiger partial charge on any atom is 0.148 e. The Balaban J connectivity index is 2.85. The number of halogens is 1. The highest BCUT2D eigenvalue weighted by molar-refractivity contribution is 6.01. The topological polar surface area (TPSA) is 29.4 Å². The molecule has 0 bridgehead atoms. The number of fused-ring (bicyclic) bond motifs is 1. The van der Waals surface area contributed by atoms with E-state index in [0.717, 1.165) is 11.5 Å². The van der Waals surface area contributed by atoms with Crippen LogP contribution in [0.3, 0.4) is 0 Å². The van der Waals surface area contributed by atoms with Crippen LogP contribution in [0.4, 0.5) is 4.39 Å². The van der Waals surface area contributed by atoms with E-state index in [1.807, 2.05) is 6.92 Å². The molecule has 0 fully saturated rings. The summed E-state index contributed by atoms with van der Waals surface area (Å²) in [4.78, 5) is 14.8. The second kappa shape index (κ2) is 2.76. The number of nitrogens with zero attached hydrogens (tertiary/aromatic N) is 1. The average Bonchev–Trinajstić information content (AvgIpc) is 2.39. The van der Waals surface area contributed by atoms with Gasteiger partial charge >= 0.3 is 0 Å². The minimum atomic E-state index is -0.318. The molecule has 66 valence electrons. The van der Waals surface area contributed by atoms with E-state index >= 15 is 0 Å². The Hall–Kier alpha value is -1.51. The molecule has 0 aliphatic carbocycles. The van der Waals surface area contributed by atoms with Crippen molar-refractivity contribution in [1.29, 1.82) is 0 Å². The summed E-state index contributed by atoms with van der Waals surface area (Å²) in [6, 6.07) is 4.15. The molecule has 2 nitrogen and oxygen atoms in total. The maximum atomic E-state index is 12.8. The number of carbonyl (C=O) groups is 1. The highest BCUT2D eigenvalue weighted by Gasteiger charge is 2.13. The molecule has 0 saturated heterocycles. The van der Waals surface area contributed by atoms with Crippen molar-refractivity contribution in [2.45, 2.75) is 13.0 Å². The van der Waals surface area contributed by atoms with Crippen molar-refractivity contribution in [3.05, 3.63) is 34.6 Å². The molecule has 0 aromatic heterocycles. The average molecular weight is 177 g/mol. The van der Waals surface area contributed by atoms with Crippen LogP contribution >= 0.6 is 0 Å². The van der Waals surface area contributed by atoms with Crippen molar-refractivity contribution in [3.8, 4) is 0 Å². The van der Waals surface area contributed by atoms with E-state index in [-0.39, 0.29) is 11.9 Å². The van der Waals surface area contributed by atoms with Gasteiger partial charge in [0.15, 0.2) is 0 Å². The molecule has 0 saturated carbocycles. The quantitative estimate of drug-likeness (QED) is 0.563. The normalized spacial score (nSPS) is 19.5. The van der Waals surface area contributed by atoms with E-state index in [4.69, 9.17) is 0 Å². The van der Waals surface area contributed by atoms with E-state index in [9.17, 15) is 9.18 Å². The van der Waals surface area contributed by atoms with Crippen LogP contribution in [0.2, 0.25) is 0 Å². The summed E-state index contributed by atoms with van der Waals surface area (Å²) in [5.41, 5.74) is 0.634. The maximum absolute atomic E-state index is 12.8. The molecule has 1 atom stereocenters. The van der Waals surface area contributed by atoms with Crippen molar-refractivity contribution in [1.82, 2.24) is 0 Å². The molecule has 0 N–H and O–H groups in total. The molecule has 13 heavy (non-hydrogen) atoms. The SMILES string of the molecule is C[C@@H]1N=c2cc(F)ccc2=C1C=O. The lowest BCUT2D eigenvalue weighted by Crippen LogP contribution is -2.23. The van der Waals surface area contributed by atoms with Crippen molar-refractivity contribution < 1.29 is 9.18 Å². The molecule has 2 rings (SSSR count). The lowest BCUT2D eigenvalue weighted by Gasteiger charge is -1.96. The number of hydrogen-bond acceptors (Lipinski definition) is 2. The zero-order valence-electron chi connectivity index (χ0n) is 7.12. The molecule has 0 radical (unpaired) electrons. The zero-order chi connectivity index (χ0) is 9.42. The predicted molar refractivity (Wildman–Crippen MR) is 46.1 cm³/mol. The lowest BCUT2D eigenvalue weighted by atomic mass is 10.1. The van der Waals surface area contributed by atoms with Crippen molar-refractivity contribution in [2.75, 3.05) is 0 Å². The Morgan fingerprint density at radius 3 is 3.00 bits per heavy atom. The zero-order valence-corrected chi connectivity index (χ0v) is 7.12. The monoisotopic (exact) mass is 177 g/mol. The van der Waals surface area contributed by atoms with Gasteiger partial charge in [-0.2, -0.15) is 0 Å². The third-order valence-corrected chi connectivity index (χ3v) is 2.18. The first-order chi connectivity index (χ1) is 6.22. The number of aldehydes is 1. The van der Waals surface area contributed by atoms with Crippen LogP contribution in [0.1, 0.15) is 6.92 Å². The van der Waals surface area contributed by atoms with E-state index in [1.54, 1.807) is 6.07 Å². The van der Waals surface area contributed by atoms with Gasteiger partial charge in [0.2, 0.25) is 0 Å². The summed E-state index contributed by atoms with van der Waals surface area (Å²) < 4.78 is 12.8. The van der Waals surface area contributed by atoms with Crippen LogP contribution in [0, 0.1) is 5.82 Å². The highest BCUT2D eigenvalue weighted by Crippen LogP contribution is 2.04. The fourth-order valence-electron chi connectivity index (χ4n) is 1.52. The van der Waals surface area contributed by atoms with Gasteiger partial charge in [0, 0.05) is 10.8 Å². The molecule has 0 unspecified atom stereocenters. The van der Waals surface area contributed by atoms with Crippen LogP contribution in [0.5, 0.6) is 0 Å². The minimum Gasteiger partial charge on any atom is -0.298 e. The Kier molecular flexibility index (Phi) is 1.72. The van der Waals surface area contributed by atoms with E-state index < -0.39 is 0 Å². The summed E-state index contributed by atoms with van der Waals surface area (Å²) in [5, 5.41) is 1.33. The number of rotatable bonds is 1. The van der Waals surface area contributed by atoms with Gasteiger partial charge in [0.1, 0.15) is 12.1 Å². The Labute approximate surface area is 74.4 Å². The molecule has 1 aromatic rings. The van der Waals surface area contributed by atoms with Crippen LogP contribution in [-0.4, -0.2) is 12.3 Å². The van der Waals surface area contributed by atoms with Gasteiger partial charge in [-0.25, -0.2) is 4.39 Å². The lowest BCUT2D eigenvalue weighted by molar-refractivity contribution is -0.103. The number of benzene rings is 1. The first-order valence-electron chi connectivity index (χ1n) is 4.05. The summed E-state index contributed by atoms with van der Waals surface area (Å²) in [5.74, 6) is -0.318. The van der Waals surface area contributed by atoms with Gasteiger partial charge < -0.3 is 0 Å². The molecular weight excluding hydrogens is 169 g/mol. The first kappa shape index (κ1) is 8.10. The molecule has 1 heterocycles. The second-order valence-electron chi connectivity index (χ2n) is 3.04. The van der Waals surface area contributed by atoms with Gasteiger partial charge in [0.05, 0.1) is 11.4 Å². The Morgan fingerprint density at radius 2 is 2.31 bits per heavy atom. The van der Waals surface area contributed by atoms with Gasteiger partial charge in [-0.05, 0) is 25.1 Å². The molecule has 1 aliphatic heterocycles. The highest BCUT2D eigenvalue weighted by atomic mass is 19.1. The van der Waals surface area contributed by atoms with Gasteiger partial charge in [-0.3, -0.25) is 9.79 Å².